The predicted molar refractivity (Wildman–Crippen MR) is 77.1 cm³/mol. The maximum Gasteiger partial charge on any atom is 0.128 e. The Bertz CT molecular complexity index is 357. The lowest BCUT2D eigenvalue weighted by molar-refractivity contribution is 0.374. The molecule has 0 bridgehead atoms. The monoisotopic (exact) mass is 247 g/mol. The maximum atomic E-state index is 4.61. The van der Waals surface area contributed by atoms with Gasteiger partial charge in [-0.2, -0.15) is 0 Å². The highest BCUT2D eigenvalue weighted by Gasteiger charge is 2.19. The second kappa shape index (κ2) is 6.74. The van der Waals surface area contributed by atoms with Crippen LogP contribution in [0.15, 0.2) is 18.2 Å². The highest BCUT2D eigenvalue weighted by molar-refractivity contribution is 5.39. The van der Waals surface area contributed by atoms with Crippen LogP contribution in [-0.4, -0.2) is 31.2 Å². The normalized spacial score (nSPS) is 17.1. The van der Waals surface area contributed by atoms with E-state index in [1.165, 1.54) is 25.8 Å². The number of pyridine rings is 1. The number of nitrogens with zero attached hydrogens (tertiary/aromatic N) is 2. The average Bonchev–Trinajstić information content (AvgIpc) is 2.40. The summed E-state index contributed by atoms with van der Waals surface area (Å²) in [4.78, 5) is 7.04. The van der Waals surface area contributed by atoms with Gasteiger partial charge in [0.15, 0.2) is 0 Å². The quantitative estimate of drug-likeness (QED) is 0.811. The van der Waals surface area contributed by atoms with Crippen LogP contribution >= 0.6 is 0 Å². The summed E-state index contributed by atoms with van der Waals surface area (Å²) in [5, 5.41) is 3.42. The van der Waals surface area contributed by atoms with Crippen LogP contribution in [0.5, 0.6) is 0 Å². The largest absolute Gasteiger partial charge is 0.357 e. The van der Waals surface area contributed by atoms with Crippen molar-refractivity contribution in [2.24, 2.45) is 5.92 Å². The van der Waals surface area contributed by atoms with Gasteiger partial charge in [-0.1, -0.05) is 13.0 Å². The summed E-state index contributed by atoms with van der Waals surface area (Å²) in [7, 11) is 0. The summed E-state index contributed by atoms with van der Waals surface area (Å²) in [5.41, 5.74) is 1.11. The molecule has 2 heterocycles. The summed E-state index contributed by atoms with van der Waals surface area (Å²) >= 11 is 0. The van der Waals surface area contributed by atoms with Crippen molar-refractivity contribution in [1.82, 2.24) is 10.3 Å². The molecule has 1 aromatic rings. The molecular formula is C15H25N3. The summed E-state index contributed by atoms with van der Waals surface area (Å²) in [6, 6.07) is 6.30. The first-order chi connectivity index (χ1) is 8.79. The van der Waals surface area contributed by atoms with Crippen LogP contribution in [0.4, 0.5) is 5.82 Å². The van der Waals surface area contributed by atoms with Crippen LogP contribution in [0.3, 0.4) is 0 Å². The standard InChI is InChI=1S/C15H25N3/c1-3-16-10-7-14-8-11-18(12-9-14)15-6-4-5-13(2)17-15/h4-6,14,16H,3,7-12H2,1-2H3. The molecule has 0 radical (unpaired) electrons. The highest BCUT2D eigenvalue weighted by Crippen LogP contribution is 2.23. The number of anilines is 1. The number of piperidine rings is 1. The van der Waals surface area contributed by atoms with Crippen LogP contribution < -0.4 is 10.2 Å². The number of rotatable bonds is 5. The second-order valence-corrected chi connectivity index (χ2v) is 5.21. The van der Waals surface area contributed by atoms with E-state index in [2.05, 4.69) is 47.2 Å². The molecule has 0 saturated carbocycles. The van der Waals surface area contributed by atoms with Gasteiger partial charge >= 0.3 is 0 Å². The van der Waals surface area contributed by atoms with Gasteiger partial charge in [0.05, 0.1) is 0 Å². The Hall–Kier alpha value is -1.09. The first kappa shape index (κ1) is 13.3. The Balaban J connectivity index is 1.79. The van der Waals surface area contributed by atoms with Crippen molar-refractivity contribution in [1.29, 1.82) is 0 Å². The molecule has 18 heavy (non-hydrogen) atoms. The average molecular weight is 247 g/mol. The Morgan fingerprint density at radius 2 is 2.11 bits per heavy atom. The zero-order valence-electron chi connectivity index (χ0n) is 11.7. The van der Waals surface area contributed by atoms with E-state index >= 15 is 0 Å². The van der Waals surface area contributed by atoms with E-state index < -0.39 is 0 Å². The minimum atomic E-state index is 0.894. The predicted octanol–water partition coefficient (Wildman–Crippen LogP) is 2.61. The molecule has 0 amide bonds. The SMILES string of the molecule is CCNCCC1CCN(c2cccc(C)n2)CC1. The topological polar surface area (TPSA) is 28.2 Å². The molecular weight excluding hydrogens is 222 g/mol. The van der Waals surface area contributed by atoms with Crippen molar-refractivity contribution >= 4 is 5.82 Å². The molecule has 3 heteroatoms. The molecule has 2 rings (SSSR count). The number of aromatic nitrogens is 1. The van der Waals surface area contributed by atoms with Crippen molar-refractivity contribution in [3.05, 3.63) is 23.9 Å². The van der Waals surface area contributed by atoms with Gasteiger partial charge in [0, 0.05) is 18.8 Å². The van der Waals surface area contributed by atoms with E-state index in [0.29, 0.717) is 0 Å². The fourth-order valence-corrected chi connectivity index (χ4v) is 2.64. The lowest BCUT2D eigenvalue weighted by Gasteiger charge is -2.33. The smallest absolute Gasteiger partial charge is 0.128 e. The Labute approximate surface area is 111 Å². The molecule has 0 aromatic carbocycles. The molecule has 100 valence electrons. The van der Waals surface area contributed by atoms with Crippen LogP contribution in [0.2, 0.25) is 0 Å². The van der Waals surface area contributed by atoms with Crippen molar-refractivity contribution < 1.29 is 0 Å². The Morgan fingerprint density at radius 3 is 2.78 bits per heavy atom. The second-order valence-electron chi connectivity index (χ2n) is 5.21. The molecule has 0 atom stereocenters. The van der Waals surface area contributed by atoms with Crippen molar-refractivity contribution in [3.63, 3.8) is 0 Å². The Kier molecular flexibility index (Phi) is 5.00. The van der Waals surface area contributed by atoms with Gasteiger partial charge in [0.1, 0.15) is 5.82 Å². The van der Waals surface area contributed by atoms with Crippen molar-refractivity contribution in [3.8, 4) is 0 Å². The number of hydrogen-bond acceptors (Lipinski definition) is 3. The van der Waals surface area contributed by atoms with E-state index in [9.17, 15) is 0 Å². The van der Waals surface area contributed by atoms with E-state index in [-0.39, 0.29) is 0 Å². The summed E-state index contributed by atoms with van der Waals surface area (Å²) in [6.07, 6.45) is 3.94. The summed E-state index contributed by atoms with van der Waals surface area (Å²) < 4.78 is 0. The lowest BCUT2D eigenvalue weighted by Crippen LogP contribution is -2.35. The molecule has 0 aliphatic carbocycles. The number of hydrogen-bond donors (Lipinski definition) is 1. The zero-order chi connectivity index (χ0) is 12.8. The molecule has 1 fully saturated rings. The van der Waals surface area contributed by atoms with Gasteiger partial charge < -0.3 is 10.2 Å². The third-order valence-electron chi connectivity index (χ3n) is 3.79. The highest BCUT2D eigenvalue weighted by atomic mass is 15.2. The third-order valence-corrected chi connectivity index (χ3v) is 3.79. The zero-order valence-corrected chi connectivity index (χ0v) is 11.7. The van der Waals surface area contributed by atoms with Crippen LogP contribution in [-0.2, 0) is 0 Å². The van der Waals surface area contributed by atoms with Gasteiger partial charge in [-0.05, 0) is 57.3 Å². The van der Waals surface area contributed by atoms with Crippen molar-refractivity contribution in [2.45, 2.75) is 33.1 Å². The maximum absolute atomic E-state index is 4.61. The first-order valence-electron chi connectivity index (χ1n) is 7.19. The molecule has 0 spiro atoms. The summed E-state index contributed by atoms with van der Waals surface area (Å²) in [6.45, 7) is 8.81. The first-order valence-corrected chi connectivity index (χ1v) is 7.19. The molecule has 1 aliphatic heterocycles. The Morgan fingerprint density at radius 1 is 1.33 bits per heavy atom. The number of nitrogens with one attached hydrogen (secondary N) is 1. The van der Waals surface area contributed by atoms with Crippen molar-refractivity contribution in [2.75, 3.05) is 31.1 Å². The van der Waals surface area contributed by atoms with E-state index in [4.69, 9.17) is 0 Å². The van der Waals surface area contributed by atoms with Crippen LogP contribution in [0, 0.1) is 12.8 Å². The van der Waals surface area contributed by atoms with Gasteiger partial charge in [0.25, 0.3) is 0 Å². The molecule has 0 unspecified atom stereocenters. The summed E-state index contributed by atoms with van der Waals surface area (Å²) in [5.74, 6) is 2.05. The van der Waals surface area contributed by atoms with Crippen LogP contribution in [0.25, 0.3) is 0 Å². The van der Waals surface area contributed by atoms with Gasteiger partial charge in [-0.15, -0.1) is 0 Å². The minimum absolute atomic E-state index is 0.894. The van der Waals surface area contributed by atoms with Gasteiger partial charge in [-0.25, -0.2) is 4.98 Å². The minimum Gasteiger partial charge on any atom is -0.357 e. The van der Waals surface area contributed by atoms with Crippen LogP contribution in [0.1, 0.15) is 31.9 Å². The molecule has 1 N–H and O–H groups in total. The fraction of sp³-hybridized carbons (Fsp3) is 0.667. The molecule has 1 aliphatic rings. The molecule has 3 nitrogen and oxygen atoms in total. The van der Waals surface area contributed by atoms with Gasteiger partial charge in [0.2, 0.25) is 0 Å². The third kappa shape index (κ3) is 3.70. The molecule has 1 saturated heterocycles. The fourth-order valence-electron chi connectivity index (χ4n) is 2.64. The van der Waals surface area contributed by atoms with E-state index in [0.717, 1.165) is 37.1 Å². The lowest BCUT2D eigenvalue weighted by atomic mass is 9.93. The van der Waals surface area contributed by atoms with E-state index in [1.807, 2.05) is 0 Å². The van der Waals surface area contributed by atoms with Gasteiger partial charge in [-0.3, -0.25) is 0 Å². The van der Waals surface area contributed by atoms with E-state index in [1.54, 1.807) is 0 Å². The number of aryl methyl sites for hydroxylation is 1. The molecule has 1 aromatic heterocycles.